The molecule has 0 aromatic heterocycles. The normalized spacial score (nSPS) is 30.2. The molecule has 236 valence electrons. The molecule has 0 aromatic carbocycles. The number of rotatable bonds is 13. The molecule has 4 aliphatic heterocycles. The van der Waals surface area contributed by atoms with Gasteiger partial charge in [0, 0.05) is 49.5 Å². The first kappa shape index (κ1) is 32.9. The Morgan fingerprint density at radius 1 is 0.977 bits per heavy atom. The third kappa shape index (κ3) is 7.93. The van der Waals surface area contributed by atoms with Crippen LogP contribution in [-0.2, 0) is 55.7 Å². The largest absolute Gasteiger partial charge is 0.483 e. The highest BCUT2D eigenvalue weighted by atomic mass is 31.3. The van der Waals surface area contributed by atoms with Gasteiger partial charge in [-0.2, -0.15) is 4.31 Å². The highest BCUT2D eigenvalue weighted by Crippen LogP contribution is 2.63. The molecular formula is C23H30N4O14P2. The van der Waals surface area contributed by atoms with Gasteiger partial charge in [-0.15, -0.1) is 0 Å². The molecule has 4 heterocycles. The summed E-state index contributed by atoms with van der Waals surface area (Å²) >= 11 is 0. The number of nitrogens with two attached hydrogens (primary N) is 2. The lowest BCUT2D eigenvalue weighted by Crippen LogP contribution is -2.35. The van der Waals surface area contributed by atoms with Crippen LogP contribution in [0.2, 0.25) is 0 Å². The molecule has 0 bridgehead atoms. The van der Waals surface area contributed by atoms with Crippen LogP contribution in [0.15, 0.2) is 48.1 Å². The highest BCUT2D eigenvalue weighted by molar-refractivity contribution is 7.61. The zero-order valence-electron chi connectivity index (χ0n) is 22.6. The number of primary amides is 2. The van der Waals surface area contributed by atoms with Gasteiger partial charge in [-0.05, 0) is 12.8 Å². The molecule has 2 amide bonds. The van der Waals surface area contributed by atoms with Gasteiger partial charge in [0.1, 0.15) is 12.3 Å². The molecule has 18 nitrogen and oxygen atoms in total. The van der Waals surface area contributed by atoms with E-state index in [4.69, 9.17) is 30.0 Å². The molecule has 20 heteroatoms. The Kier molecular flexibility index (Phi) is 10.2. The number of Topliss-reactive ketones (excluding diaryl/α,β-unsaturated/α-hetero) is 2. The number of phosphoric ester groups is 2. The number of allylic oxidation sites excluding steroid dienone is 2. The zero-order valence-corrected chi connectivity index (χ0v) is 24.4. The summed E-state index contributed by atoms with van der Waals surface area (Å²) in [5.74, 6) is -3.47. The Morgan fingerprint density at radius 2 is 1.58 bits per heavy atom. The van der Waals surface area contributed by atoms with Crippen molar-refractivity contribution in [1.82, 2.24) is 9.80 Å². The van der Waals surface area contributed by atoms with Crippen LogP contribution in [-0.4, -0.2) is 94.3 Å². The van der Waals surface area contributed by atoms with Gasteiger partial charge in [0.15, 0.2) is 6.10 Å². The maximum absolute atomic E-state index is 12.9. The van der Waals surface area contributed by atoms with Gasteiger partial charge in [-0.1, -0.05) is 12.2 Å². The molecule has 4 rings (SSSR count). The summed E-state index contributed by atoms with van der Waals surface area (Å²) in [5, 5.41) is 10.4. The van der Waals surface area contributed by atoms with Crippen molar-refractivity contribution in [3.05, 3.63) is 48.1 Å². The van der Waals surface area contributed by atoms with Crippen LogP contribution in [0.1, 0.15) is 19.3 Å². The first-order valence-corrected chi connectivity index (χ1v) is 15.6. The average Bonchev–Trinajstić information content (AvgIpc) is 3.49. The van der Waals surface area contributed by atoms with Crippen molar-refractivity contribution in [3.8, 4) is 0 Å². The van der Waals surface area contributed by atoms with E-state index in [1.165, 1.54) is 29.6 Å². The fraction of sp³-hybridized carbons (Fsp3) is 0.478. The van der Waals surface area contributed by atoms with Crippen LogP contribution >= 0.6 is 15.6 Å². The Hall–Kier alpha value is -3.02. The topological polar surface area (TPSA) is 257 Å². The van der Waals surface area contributed by atoms with E-state index in [0.717, 1.165) is 12.0 Å². The summed E-state index contributed by atoms with van der Waals surface area (Å²) in [7, 11) is -9.21. The van der Waals surface area contributed by atoms with Crippen LogP contribution in [0.25, 0.3) is 0 Å². The number of aliphatic hydroxyl groups is 1. The number of hydrogen-bond donors (Lipinski definition) is 4. The average molecular weight is 648 g/mol. The van der Waals surface area contributed by atoms with Crippen molar-refractivity contribution in [2.24, 2.45) is 11.5 Å². The van der Waals surface area contributed by atoms with E-state index >= 15 is 0 Å². The first-order chi connectivity index (χ1) is 20.2. The van der Waals surface area contributed by atoms with Crippen molar-refractivity contribution in [2.45, 2.75) is 50.0 Å². The van der Waals surface area contributed by atoms with Crippen molar-refractivity contribution in [2.75, 3.05) is 20.3 Å². The van der Waals surface area contributed by atoms with Crippen molar-refractivity contribution < 1.29 is 65.7 Å². The Bertz CT molecular complexity index is 1380. The summed E-state index contributed by atoms with van der Waals surface area (Å²) in [6.07, 6.45) is 3.42. The van der Waals surface area contributed by atoms with Gasteiger partial charge < -0.3 is 40.7 Å². The minimum atomic E-state index is -5.26. The van der Waals surface area contributed by atoms with Crippen molar-refractivity contribution in [3.63, 3.8) is 0 Å². The van der Waals surface area contributed by atoms with E-state index < -0.39 is 83.0 Å². The molecule has 43 heavy (non-hydrogen) atoms. The van der Waals surface area contributed by atoms with E-state index in [-0.39, 0.29) is 18.4 Å². The SMILES string of the molecule is COP(=O)(OCC1O[C@H](N2C=CCC(C(N)=O)=C2)C[C@@H]1O)OP(=O)(O)OC[C@H]1O[C@H](N2C=CCC(C(N)=O)=C2)C(=O)C1=O. The minimum Gasteiger partial charge on any atom is -0.390 e. The molecule has 0 aliphatic carbocycles. The fourth-order valence-corrected chi connectivity index (χ4v) is 6.74. The molecule has 0 saturated carbocycles. The third-order valence-electron chi connectivity index (χ3n) is 6.55. The fourth-order valence-electron chi connectivity index (χ4n) is 4.32. The smallest absolute Gasteiger partial charge is 0.390 e. The summed E-state index contributed by atoms with van der Waals surface area (Å²) < 4.78 is 55.6. The summed E-state index contributed by atoms with van der Waals surface area (Å²) in [5.41, 5.74) is 11.0. The Balaban J connectivity index is 1.30. The molecule has 0 aromatic rings. The molecule has 6 N–H and O–H groups in total. The lowest BCUT2D eigenvalue weighted by molar-refractivity contribution is -0.136. The van der Waals surface area contributed by atoms with E-state index in [1.54, 1.807) is 12.3 Å². The molecule has 4 aliphatic rings. The van der Waals surface area contributed by atoms with Gasteiger partial charge in [0.05, 0.1) is 19.3 Å². The van der Waals surface area contributed by atoms with Gasteiger partial charge >= 0.3 is 15.6 Å². The number of aliphatic hydroxyl groups excluding tert-OH is 1. The molecule has 0 radical (unpaired) electrons. The second-order valence-electron chi connectivity index (χ2n) is 9.52. The summed E-state index contributed by atoms with van der Waals surface area (Å²) in [6.45, 7) is -1.57. The van der Waals surface area contributed by atoms with Crippen LogP contribution in [0, 0.1) is 0 Å². The van der Waals surface area contributed by atoms with Crippen molar-refractivity contribution in [1.29, 1.82) is 0 Å². The van der Waals surface area contributed by atoms with Crippen LogP contribution in [0.5, 0.6) is 0 Å². The highest BCUT2D eigenvalue weighted by Gasteiger charge is 2.47. The molecule has 2 fully saturated rings. The second-order valence-corrected chi connectivity index (χ2v) is 12.9. The monoisotopic (exact) mass is 648 g/mol. The maximum atomic E-state index is 12.9. The standard InChI is InChI=1S/C23H30N4O14P2/c1-36-43(35,38-11-16-15(28)8-18(39-16)26-6-2-4-13(9-26)21(24)31)41-42(33,34)37-12-17-19(29)20(30)23(40-17)27-7-3-5-14(10-27)22(25)32/h2-3,6-7,9-10,15-18,23,28H,4-5,8,11-12H2,1H3,(H2,24,31)(H2,25,32)(H,33,34)/t15-,16?,17+,18-,23-,43?/m0/s1. The molecule has 3 unspecified atom stereocenters. The quantitative estimate of drug-likeness (QED) is 0.144. The number of hydrogen-bond acceptors (Lipinski definition) is 15. The molecule has 7 atom stereocenters. The van der Waals surface area contributed by atoms with E-state index in [1.807, 2.05) is 0 Å². The summed E-state index contributed by atoms with van der Waals surface area (Å²) in [4.78, 5) is 60.6. The zero-order chi connectivity index (χ0) is 31.5. The first-order valence-electron chi connectivity index (χ1n) is 12.7. The predicted octanol–water partition coefficient (Wildman–Crippen LogP) is -0.593. The number of ether oxygens (including phenoxy) is 2. The van der Waals surface area contributed by atoms with Crippen LogP contribution < -0.4 is 11.5 Å². The second kappa shape index (κ2) is 13.3. The van der Waals surface area contributed by atoms with E-state index in [2.05, 4.69) is 8.83 Å². The minimum absolute atomic E-state index is 0.0582. The number of carbonyl (C=O) groups excluding carboxylic acids is 4. The number of ketones is 2. The van der Waals surface area contributed by atoms with Gasteiger partial charge in [-0.25, -0.2) is 9.13 Å². The predicted molar refractivity (Wildman–Crippen MR) is 141 cm³/mol. The molecule has 2 saturated heterocycles. The van der Waals surface area contributed by atoms with E-state index in [9.17, 15) is 38.3 Å². The Labute approximate surface area is 244 Å². The summed E-state index contributed by atoms with van der Waals surface area (Å²) in [6, 6.07) is 0. The van der Waals surface area contributed by atoms with Crippen molar-refractivity contribution >= 4 is 39.0 Å². The van der Waals surface area contributed by atoms with Gasteiger partial charge in [-0.3, -0.25) is 32.7 Å². The maximum Gasteiger partial charge on any atom is 0.483 e. The lowest BCUT2D eigenvalue weighted by atomic mass is 10.1. The van der Waals surface area contributed by atoms with Gasteiger partial charge in [0.2, 0.25) is 23.8 Å². The van der Waals surface area contributed by atoms with E-state index in [0.29, 0.717) is 12.0 Å². The Morgan fingerprint density at radius 3 is 2.19 bits per heavy atom. The molecular weight excluding hydrogens is 618 g/mol. The molecule has 0 spiro atoms. The number of nitrogens with zero attached hydrogens (tertiary/aromatic N) is 2. The van der Waals surface area contributed by atoms with Crippen LogP contribution in [0.4, 0.5) is 0 Å². The number of amides is 2. The lowest BCUT2D eigenvalue weighted by Gasteiger charge is -2.27. The number of phosphoric acid groups is 2. The number of carbonyl (C=O) groups is 4. The van der Waals surface area contributed by atoms with Gasteiger partial charge in [0.25, 0.3) is 5.78 Å². The third-order valence-corrected chi connectivity index (χ3v) is 9.56. The van der Waals surface area contributed by atoms with Crippen LogP contribution in [0.3, 0.4) is 0 Å².